The summed E-state index contributed by atoms with van der Waals surface area (Å²) in [5.74, 6) is -0.0659. The fourth-order valence-corrected chi connectivity index (χ4v) is 3.18. The molecular formula is C12H10BrClN2OS. The van der Waals surface area contributed by atoms with Gasteiger partial charge in [0, 0.05) is 33.5 Å². The highest BCUT2D eigenvalue weighted by Crippen LogP contribution is 2.21. The van der Waals surface area contributed by atoms with Gasteiger partial charge in [-0.3, -0.25) is 4.79 Å². The van der Waals surface area contributed by atoms with E-state index in [2.05, 4.69) is 20.9 Å². The fourth-order valence-electron chi connectivity index (χ4n) is 1.50. The van der Waals surface area contributed by atoms with Gasteiger partial charge >= 0.3 is 0 Å². The second-order valence-electron chi connectivity index (χ2n) is 3.76. The van der Waals surface area contributed by atoms with Crippen molar-refractivity contribution in [2.24, 2.45) is 0 Å². The second-order valence-corrected chi connectivity index (χ2v) is 6.06. The summed E-state index contributed by atoms with van der Waals surface area (Å²) in [6.45, 7) is 0.578. The number of carbonyl (C=O) groups is 1. The Morgan fingerprint density at radius 3 is 2.94 bits per heavy atom. The van der Waals surface area contributed by atoms with Gasteiger partial charge in [-0.2, -0.15) is 0 Å². The van der Waals surface area contributed by atoms with Crippen molar-refractivity contribution in [3.05, 3.63) is 49.8 Å². The summed E-state index contributed by atoms with van der Waals surface area (Å²) >= 11 is 10.8. The normalized spacial score (nSPS) is 10.4. The maximum atomic E-state index is 12.1. The number of hydrogen-bond donors (Lipinski definition) is 0. The maximum absolute atomic E-state index is 12.1. The number of rotatable bonds is 3. The molecule has 0 aromatic carbocycles. The highest BCUT2D eigenvalue weighted by Gasteiger charge is 2.13. The lowest BCUT2D eigenvalue weighted by Crippen LogP contribution is -2.25. The molecule has 0 saturated carbocycles. The zero-order chi connectivity index (χ0) is 13.1. The molecule has 0 radical (unpaired) electrons. The summed E-state index contributed by atoms with van der Waals surface area (Å²) in [5.41, 5.74) is 0.549. The van der Waals surface area contributed by atoms with Crippen LogP contribution in [0.5, 0.6) is 0 Å². The van der Waals surface area contributed by atoms with E-state index in [9.17, 15) is 4.79 Å². The summed E-state index contributed by atoms with van der Waals surface area (Å²) < 4.78 is 1.04. The van der Waals surface area contributed by atoms with Crippen LogP contribution in [0.1, 0.15) is 15.2 Å². The van der Waals surface area contributed by atoms with Gasteiger partial charge in [-0.15, -0.1) is 11.3 Å². The minimum absolute atomic E-state index is 0.0659. The highest BCUT2D eigenvalue weighted by atomic mass is 79.9. The standard InChI is InChI=1S/C12H10BrClN2OS/c1-16(6-10-5-9(13)7-18-10)12(17)8-2-3-15-11(14)4-8/h2-5,7H,6H2,1H3. The Morgan fingerprint density at radius 2 is 2.33 bits per heavy atom. The Bertz CT molecular complexity index is 573. The molecule has 3 nitrogen and oxygen atoms in total. The summed E-state index contributed by atoms with van der Waals surface area (Å²) in [6.07, 6.45) is 1.53. The third kappa shape index (κ3) is 3.31. The van der Waals surface area contributed by atoms with Gasteiger partial charge in [0.1, 0.15) is 5.15 Å². The van der Waals surface area contributed by atoms with E-state index < -0.39 is 0 Å². The van der Waals surface area contributed by atoms with E-state index in [1.54, 1.807) is 35.4 Å². The minimum Gasteiger partial charge on any atom is -0.337 e. The van der Waals surface area contributed by atoms with Gasteiger partial charge in [-0.25, -0.2) is 4.98 Å². The number of amides is 1. The molecule has 0 fully saturated rings. The van der Waals surface area contributed by atoms with Crippen LogP contribution in [0.3, 0.4) is 0 Å². The van der Waals surface area contributed by atoms with Gasteiger partial charge in [0.05, 0.1) is 6.54 Å². The Balaban J connectivity index is 2.09. The van der Waals surface area contributed by atoms with Crippen molar-refractivity contribution in [1.29, 1.82) is 0 Å². The zero-order valence-electron chi connectivity index (χ0n) is 9.56. The van der Waals surface area contributed by atoms with Crippen LogP contribution in [0.15, 0.2) is 34.2 Å². The van der Waals surface area contributed by atoms with E-state index in [1.165, 1.54) is 6.20 Å². The largest absolute Gasteiger partial charge is 0.337 e. The summed E-state index contributed by atoms with van der Waals surface area (Å²) in [6, 6.07) is 5.24. The summed E-state index contributed by atoms with van der Waals surface area (Å²) in [4.78, 5) is 18.8. The first-order chi connectivity index (χ1) is 8.56. The fraction of sp³-hybridized carbons (Fsp3) is 0.167. The third-order valence-corrected chi connectivity index (χ3v) is 4.22. The van der Waals surface area contributed by atoms with Crippen LogP contribution in [0.4, 0.5) is 0 Å². The van der Waals surface area contributed by atoms with Crippen LogP contribution in [-0.2, 0) is 6.54 Å². The number of nitrogens with zero attached hydrogens (tertiary/aromatic N) is 2. The lowest BCUT2D eigenvalue weighted by atomic mass is 10.2. The summed E-state index contributed by atoms with van der Waals surface area (Å²) in [7, 11) is 1.77. The predicted octanol–water partition coefficient (Wildman–Crippen LogP) is 3.83. The first kappa shape index (κ1) is 13.5. The Hall–Kier alpha value is -0.910. The average Bonchev–Trinajstić information content (AvgIpc) is 2.73. The number of pyridine rings is 1. The molecule has 0 atom stereocenters. The molecule has 94 valence electrons. The van der Waals surface area contributed by atoms with Crippen molar-refractivity contribution < 1.29 is 4.79 Å². The van der Waals surface area contributed by atoms with Gasteiger partial charge in [-0.1, -0.05) is 11.6 Å². The Kier molecular flexibility index (Phi) is 4.37. The number of hydrogen-bond acceptors (Lipinski definition) is 3. The van der Waals surface area contributed by atoms with Gasteiger partial charge in [0.15, 0.2) is 0 Å². The SMILES string of the molecule is CN(Cc1cc(Br)cs1)C(=O)c1ccnc(Cl)c1. The van der Waals surface area contributed by atoms with E-state index >= 15 is 0 Å². The van der Waals surface area contributed by atoms with E-state index in [0.717, 1.165) is 9.35 Å². The van der Waals surface area contributed by atoms with Crippen molar-refractivity contribution in [3.63, 3.8) is 0 Å². The van der Waals surface area contributed by atoms with Crippen LogP contribution >= 0.6 is 38.9 Å². The van der Waals surface area contributed by atoms with E-state index in [0.29, 0.717) is 17.3 Å². The molecule has 0 aliphatic heterocycles. The van der Waals surface area contributed by atoms with Crippen LogP contribution in [0.2, 0.25) is 5.15 Å². The molecule has 2 aromatic rings. The van der Waals surface area contributed by atoms with Crippen molar-refractivity contribution in [2.45, 2.75) is 6.54 Å². The Morgan fingerprint density at radius 1 is 1.56 bits per heavy atom. The van der Waals surface area contributed by atoms with Crippen molar-refractivity contribution in [1.82, 2.24) is 9.88 Å². The smallest absolute Gasteiger partial charge is 0.254 e. The molecular weight excluding hydrogens is 336 g/mol. The number of aromatic nitrogens is 1. The molecule has 1 amide bonds. The molecule has 2 heterocycles. The minimum atomic E-state index is -0.0659. The molecule has 0 unspecified atom stereocenters. The maximum Gasteiger partial charge on any atom is 0.254 e. The van der Waals surface area contributed by atoms with E-state index in [-0.39, 0.29) is 5.91 Å². The number of halogens is 2. The molecule has 2 aromatic heterocycles. The van der Waals surface area contributed by atoms with Crippen molar-refractivity contribution in [3.8, 4) is 0 Å². The molecule has 0 aliphatic rings. The lowest BCUT2D eigenvalue weighted by Gasteiger charge is -2.16. The van der Waals surface area contributed by atoms with E-state index in [4.69, 9.17) is 11.6 Å². The molecule has 0 aliphatic carbocycles. The van der Waals surface area contributed by atoms with Crippen molar-refractivity contribution in [2.75, 3.05) is 7.05 Å². The van der Waals surface area contributed by atoms with Crippen LogP contribution < -0.4 is 0 Å². The molecule has 0 saturated heterocycles. The zero-order valence-corrected chi connectivity index (χ0v) is 12.7. The van der Waals surface area contributed by atoms with Crippen LogP contribution in [-0.4, -0.2) is 22.8 Å². The number of carbonyl (C=O) groups excluding carboxylic acids is 1. The molecule has 0 N–H and O–H groups in total. The van der Waals surface area contributed by atoms with E-state index in [1.807, 2.05) is 11.4 Å². The molecule has 0 bridgehead atoms. The van der Waals surface area contributed by atoms with Gasteiger partial charge < -0.3 is 4.90 Å². The molecule has 0 spiro atoms. The monoisotopic (exact) mass is 344 g/mol. The first-order valence-electron chi connectivity index (χ1n) is 5.16. The second kappa shape index (κ2) is 5.82. The van der Waals surface area contributed by atoms with Crippen molar-refractivity contribution >= 4 is 44.8 Å². The highest BCUT2D eigenvalue weighted by molar-refractivity contribution is 9.10. The quantitative estimate of drug-likeness (QED) is 0.792. The van der Waals surface area contributed by atoms with Gasteiger partial charge in [0.2, 0.25) is 0 Å². The topological polar surface area (TPSA) is 33.2 Å². The van der Waals surface area contributed by atoms with Crippen LogP contribution in [0.25, 0.3) is 0 Å². The molecule has 6 heteroatoms. The third-order valence-electron chi connectivity index (χ3n) is 2.33. The first-order valence-corrected chi connectivity index (χ1v) is 7.21. The molecule has 18 heavy (non-hydrogen) atoms. The summed E-state index contributed by atoms with van der Waals surface area (Å²) in [5, 5.41) is 2.32. The number of thiophene rings is 1. The average molecular weight is 346 g/mol. The Labute approximate surface area is 123 Å². The van der Waals surface area contributed by atoms with Crippen LogP contribution in [0, 0.1) is 0 Å². The predicted molar refractivity (Wildman–Crippen MR) is 77.1 cm³/mol. The lowest BCUT2D eigenvalue weighted by molar-refractivity contribution is 0.0786. The molecule has 2 rings (SSSR count). The van der Waals surface area contributed by atoms with Gasteiger partial charge in [-0.05, 0) is 34.1 Å². The van der Waals surface area contributed by atoms with Gasteiger partial charge in [0.25, 0.3) is 5.91 Å².